The van der Waals surface area contributed by atoms with Gasteiger partial charge in [-0.2, -0.15) is 21.6 Å². The van der Waals surface area contributed by atoms with Crippen molar-refractivity contribution < 1.29 is 30.9 Å². The SMILES string of the molecule is O=S(=O)(OCCCCCCCCCCCCO)C(F)(F)F. The van der Waals surface area contributed by atoms with Crippen LogP contribution >= 0.6 is 0 Å². The molecule has 0 saturated carbocycles. The first-order chi connectivity index (χ1) is 9.81. The molecule has 0 heterocycles. The highest BCUT2D eigenvalue weighted by Crippen LogP contribution is 2.24. The fraction of sp³-hybridized carbons (Fsp3) is 1.00. The van der Waals surface area contributed by atoms with Crippen LogP contribution in [0.2, 0.25) is 0 Å². The predicted octanol–water partition coefficient (Wildman–Crippen LogP) is 3.75. The smallest absolute Gasteiger partial charge is 0.396 e. The first-order valence-electron chi connectivity index (χ1n) is 7.38. The van der Waals surface area contributed by atoms with Gasteiger partial charge in [0.1, 0.15) is 0 Å². The van der Waals surface area contributed by atoms with E-state index in [0.717, 1.165) is 51.4 Å². The quantitative estimate of drug-likeness (QED) is 0.316. The summed E-state index contributed by atoms with van der Waals surface area (Å²) in [6.45, 7) is -0.171. The molecule has 0 amide bonds. The van der Waals surface area contributed by atoms with Crippen LogP contribution in [0.5, 0.6) is 0 Å². The molecule has 128 valence electrons. The maximum Gasteiger partial charge on any atom is 0.523 e. The van der Waals surface area contributed by atoms with Crippen molar-refractivity contribution in [1.29, 1.82) is 0 Å². The summed E-state index contributed by atoms with van der Waals surface area (Å²) in [6.07, 6.45) is 9.16. The van der Waals surface area contributed by atoms with Gasteiger partial charge >= 0.3 is 15.6 Å². The third-order valence-corrected chi connectivity index (χ3v) is 4.12. The minimum absolute atomic E-state index is 0.242. The topological polar surface area (TPSA) is 63.6 Å². The standard InChI is InChI=1S/C13H25F3O4S/c14-13(15,16)21(18,19)20-12-10-8-6-4-2-1-3-5-7-9-11-17/h17H,1-12H2. The zero-order valence-electron chi connectivity index (χ0n) is 12.2. The van der Waals surface area contributed by atoms with Gasteiger partial charge in [0, 0.05) is 6.61 Å². The number of unbranched alkanes of at least 4 members (excludes halogenated alkanes) is 9. The number of halogens is 3. The number of aliphatic hydroxyl groups excluding tert-OH is 1. The molecule has 0 aliphatic rings. The van der Waals surface area contributed by atoms with Gasteiger partial charge in [0.05, 0.1) is 6.61 Å². The molecule has 0 bridgehead atoms. The van der Waals surface area contributed by atoms with Crippen molar-refractivity contribution in [1.82, 2.24) is 0 Å². The lowest BCUT2D eigenvalue weighted by Gasteiger charge is -2.08. The number of hydrogen-bond donors (Lipinski definition) is 1. The zero-order chi connectivity index (χ0) is 16.2. The molecule has 0 aromatic carbocycles. The third kappa shape index (κ3) is 11.0. The number of aliphatic hydroxyl groups is 1. The average Bonchev–Trinajstić information content (AvgIpc) is 2.38. The summed E-state index contributed by atoms with van der Waals surface area (Å²) in [5.41, 5.74) is -5.33. The molecule has 0 spiro atoms. The Hall–Kier alpha value is -0.340. The molecule has 0 saturated heterocycles. The summed E-state index contributed by atoms with van der Waals surface area (Å²) in [6, 6.07) is 0. The average molecular weight is 334 g/mol. The lowest BCUT2D eigenvalue weighted by atomic mass is 10.1. The summed E-state index contributed by atoms with van der Waals surface area (Å²) >= 11 is 0. The Morgan fingerprint density at radius 3 is 1.52 bits per heavy atom. The second kappa shape index (κ2) is 11.3. The van der Waals surface area contributed by atoms with Crippen molar-refractivity contribution in [3.63, 3.8) is 0 Å². The Labute approximate surface area is 124 Å². The summed E-state index contributed by atoms with van der Waals surface area (Å²) in [5.74, 6) is 0. The highest BCUT2D eigenvalue weighted by molar-refractivity contribution is 7.87. The fourth-order valence-electron chi connectivity index (χ4n) is 1.86. The van der Waals surface area contributed by atoms with Gasteiger partial charge in [0.25, 0.3) is 0 Å². The molecule has 0 aliphatic heterocycles. The van der Waals surface area contributed by atoms with E-state index in [0.29, 0.717) is 12.8 Å². The van der Waals surface area contributed by atoms with Gasteiger partial charge in [-0.1, -0.05) is 51.4 Å². The van der Waals surface area contributed by atoms with E-state index in [9.17, 15) is 21.6 Å². The molecule has 0 aliphatic carbocycles. The third-order valence-electron chi connectivity index (χ3n) is 3.07. The zero-order valence-corrected chi connectivity index (χ0v) is 13.0. The van der Waals surface area contributed by atoms with Gasteiger partial charge in [-0.05, 0) is 12.8 Å². The molecule has 21 heavy (non-hydrogen) atoms. The van der Waals surface area contributed by atoms with Gasteiger partial charge in [-0.15, -0.1) is 0 Å². The van der Waals surface area contributed by atoms with E-state index >= 15 is 0 Å². The van der Waals surface area contributed by atoms with E-state index in [1.165, 1.54) is 0 Å². The van der Waals surface area contributed by atoms with E-state index in [1.54, 1.807) is 0 Å². The molecule has 4 nitrogen and oxygen atoms in total. The minimum Gasteiger partial charge on any atom is -0.396 e. The number of alkyl halides is 3. The first-order valence-corrected chi connectivity index (χ1v) is 8.78. The van der Waals surface area contributed by atoms with Crippen LogP contribution in [0.25, 0.3) is 0 Å². The Morgan fingerprint density at radius 2 is 1.14 bits per heavy atom. The number of rotatable bonds is 13. The first kappa shape index (κ1) is 20.7. The second-order valence-corrected chi connectivity index (χ2v) is 6.59. The lowest BCUT2D eigenvalue weighted by molar-refractivity contribution is -0.0542. The molecule has 0 fully saturated rings. The Kier molecular flexibility index (Phi) is 11.1. The van der Waals surface area contributed by atoms with E-state index < -0.39 is 22.2 Å². The van der Waals surface area contributed by atoms with E-state index in [2.05, 4.69) is 4.18 Å². The Bertz CT molecular complexity index is 342. The highest BCUT2D eigenvalue weighted by atomic mass is 32.2. The van der Waals surface area contributed by atoms with Crippen molar-refractivity contribution in [2.45, 2.75) is 69.7 Å². The molecule has 0 unspecified atom stereocenters. The van der Waals surface area contributed by atoms with Crippen LogP contribution in [0.15, 0.2) is 0 Å². The maximum atomic E-state index is 11.9. The Balaban J connectivity index is 3.34. The van der Waals surface area contributed by atoms with Crippen LogP contribution in [0.1, 0.15) is 64.2 Å². The van der Waals surface area contributed by atoms with Crippen LogP contribution in [0.4, 0.5) is 13.2 Å². The Morgan fingerprint density at radius 1 is 0.762 bits per heavy atom. The van der Waals surface area contributed by atoms with Crippen LogP contribution in [-0.2, 0) is 14.3 Å². The van der Waals surface area contributed by atoms with Gasteiger partial charge in [0.15, 0.2) is 0 Å². The van der Waals surface area contributed by atoms with Crippen molar-refractivity contribution in [3.8, 4) is 0 Å². The molecule has 0 radical (unpaired) electrons. The van der Waals surface area contributed by atoms with E-state index in [-0.39, 0.29) is 6.61 Å². The van der Waals surface area contributed by atoms with Gasteiger partial charge in [-0.3, -0.25) is 4.18 Å². The monoisotopic (exact) mass is 334 g/mol. The van der Waals surface area contributed by atoms with Crippen LogP contribution in [-0.4, -0.2) is 32.2 Å². The largest absolute Gasteiger partial charge is 0.523 e. The lowest BCUT2D eigenvalue weighted by Crippen LogP contribution is -2.25. The molecule has 0 rings (SSSR count). The number of hydrogen-bond acceptors (Lipinski definition) is 4. The molecule has 0 atom stereocenters. The summed E-state index contributed by atoms with van der Waals surface area (Å²) in [7, 11) is -5.43. The molecular weight excluding hydrogens is 309 g/mol. The molecular formula is C13H25F3O4S. The minimum atomic E-state index is -5.43. The summed E-state index contributed by atoms with van der Waals surface area (Å²) < 4.78 is 60.8. The van der Waals surface area contributed by atoms with Crippen molar-refractivity contribution in [3.05, 3.63) is 0 Å². The normalized spacial score (nSPS) is 12.8. The van der Waals surface area contributed by atoms with Gasteiger partial charge in [0.2, 0.25) is 0 Å². The fourth-order valence-corrected chi connectivity index (χ4v) is 2.33. The maximum absolute atomic E-state index is 11.9. The van der Waals surface area contributed by atoms with E-state index in [4.69, 9.17) is 5.11 Å². The van der Waals surface area contributed by atoms with Crippen molar-refractivity contribution >= 4 is 10.1 Å². The highest BCUT2D eigenvalue weighted by Gasteiger charge is 2.47. The summed E-state index contributed by atoms with van der Waals surface area (Å²) in [5, 5.41) is 8.59. The molecule has 0 aromatic heterocycles. The summed E-state index contributed by atoms with van der Waals surface area (Å²) in [4.78, 5) is 0. The van der Waals surface area contributed by atoms with Gasteiger partial charge in [-0.25, -0.2) is 0 Å². The van der Waals surface area contributed by atoms with Crippen LogP contribution < -0.4 is 0 Å². The van der Waals surface area contributed by atoms with Gasteiger partial charge < -0.3 is 5.11 Å². The van der Waals surface area contributed by atoms with Crippen LogP contribution in [0, 0.1) is 0 Å². The molecule has 8 heteroatoms. The molecule has 1 N–H and O–H groups in total. The van der Waals surface area contributed by atoms with Crippen molar-refractivity contribution in [2.24, 2.45) is 0 Å². The van der Waals surface area contributed by atoms with Crippen molar-refractivity contribution in [2.75, 3.05) is 13.2 Å². The molecule has 0 aromatic rings. The predicted molar refractivity (Wildman–Crippen MR) is 74.2 cm³/mol. The second-order valence-electron chi connectivity index (χ2n) is 4.98. The van der Waals surface area contributed by atoms with Crippen LogP contribution in [0.3, 0.4) is 0 Å². The van der Waals surface area contributed by atoms with E-state index in [1.807, 2.05) is 0 Å².